The molecule has 180 valence electrons. The molecule has 1 fully saturated rings. The zero-order chi connectivity index (χ0) is 24.2. The van der Waals surface area contributed by atoms with E-state index in [2.05, 4.69) is 22.3 Å². The molecule has 34 heavy (non-hydrogen) atoms. The second kappa shape index (κ2) is 10.3. The molecule has 0 radical (unpaired) electrons. The molecule has 2 aliphatic rings. The van der Waals surface area contributed by atoms with Gasteiger partial charge in [0.1, 0.15) is 12.6 Å². The highest BCUT2D eigenvalue weighted by atomic mass is 16.2. The molecule has 3 amide bonds. The first-order valence-electron chi connectivity index (χ1n) is 12.1. The maximum absolute atomic E-state index is 13.5. The van der Waals surface area contributed by atoms with Gasteiger partial charge >= 0.3 is 0 Å². The van der Waals surface area contributed by atoms with Gasteiger partial charge in [-0.05, 0) is 62.8 Å². The van der Waals surface area contributed by atoms with Crippen LogP contribution in [0.2, 0.25) is 0 Å². The van der Waals surface area contributed by atoms with Gasteiger partial charge in [-0.2, -0.15) is 0 Å². The second-order valence-electron chi connectivity index (χ2n) is 9.53. The molecule has 2 aromatic carbocycles. The highest BCUT2D eigenvalue weighted by Crippen LogP contribution is 2.40. The topological polar surface area (TPSA) is 73.0 Å². The zero-order valence-electron chi connectivity index (χ0n) is 20.3. The van der Waals surface area contributed by atoms with Gasteiger partial charge in [-0.1, -0.05) is 30.3 Å². The lowest BCUT2D eigenvalue weighted by Gasteiger charge is -2.45. The first kappa shape index (κ1) is 23.8. The van der Waals surface area contributed by atoms with Crippen LogP contribution in [0.4, 0.5) is 11.4 Å². The molecule has 2 heterocycles. The van der Waals surface area contributed by atoms with Crippen molar-refractivity contribution in [2.45, 2.75) is 51.1 Å². The summed E-state index contributed by atoms with van der Waals surface area (Å²) in [4.78, 5) is 44.3. The Labute approximate surface area is 201 Å². The number of fused-ring (bicyclic) bond motifs is 3. The normalized spacial score (nSPS) is 18.1. The Bertz CT molecular complexity index is 1050. The van der Waals surface area contributed by atoms with Gasteiger partial charge < -0.3 is 15.1 Å². The van der Waals surface area contributed by atoms with E-state index in [1.165, 1.54) is 10.5 Å². The molecule has 1 saturated heterocycles. The number of rotatable bonds is 7. The maximum Gasteiger partial charge on any atom is 0.253 e. The van der Waals surface area contributed by atoms with Gasteiger partial charge in [-0.25, -0.2) is 0 Å². The van der Waals surface area contributed by atoms with Crippen LogP contribution in [0.5, 0.6) is 0 Å². The number of nitrogens with zero attached hydrogens (tertiary/aromatic N) is 3. The predicted molar refractivity (Wildman–Crippen MR) is 134 cm³/mol. The molecule has 4 rings (SSSR count). The Morgan fingerprint density at radius 3 is 2.59 bits per heavy atom. The van der Waals surface area contributed by atoms with Gasteiger partial charge in [0.15, 0.2) is 0 Å². The Kier molecular flexibility index (Phi) is 7.20. The third kappa shape index (κ3) is 5.08. The molecule has 2 aromatic rings. The maximum atomic E-state index is 13.5. The molecule has 0 spiro atoms. The predicted octanol–water partition coefficient (Wildman–Crippen LogP) is 3.23. The lowest BCUT2D eigenvalue weighted by atomic mass is 9.95. The molecule has 2 atom stereocenters. The summed E-state index contributed by atoms with van der Waals surface area (Å²) in [6, 6.07) is 15.4. The summed E-state index contributed by atoms with van der Waals surface area (Å²) in [6.45, 7) is 2.75. The van der Waals surface area contributed by atoms with E-state index in [0.717, 1.165) is 44.3 Å². The fourth-order valence-corrected chi connectivity index (χ4v) is 4.88. The number of carbonyl (C=O) groups excluding carboxylic acids is 3. The Morgan fingerprint density at radius 1 is 1.09 bits per heavy atom. The molecule has 2 aliphatic heterocycles. The fourth-order valence-electron chi connectivity index (χ4n) is 4.88. The molecule has 0 unspecified atom stereocenters. The van der Waals surface area contributed by atoms with E-state index in [1.54, 1.807) is 25.1 Å². The van der Waals surface area contributed by atoms with E-state index in [-0.39, 0.29) is 36.3 Å². The van der Waals surface area contributed by atoms with E-state index in [1.807, 2.05) is 37.3 Å². The second-order valence-corrected chi connectivity index (χ2v) is 9.53. The molecule has 0 bridgehead atoms. The number of hydrogen-bond donors (Lipinski definition) is 1. The smallest absolute Gasteiger partial charge is 0.253 e. The summed E-state index contributed by atoms with van der Waals surface area (Å²) >= 11 is 0. The number of nitrogens with one attached hydrogen (secondary N) is 1. The SMILES string of the molecule is C[C@H](CCc1ccccc1)NC(=O)CN1C(=O)[C@H]2CCCCN2c2ccc(C(=O)N(C)C)cc21. The minimum absolute atomic E-state index is 0.0140. The summed E-state index contributed by atoms with van der Waals surface area (Å²) in [6.07, 6.45) is 4.50. The van der Waals surface area contributed by atoms with E-state index in [9.17, 15) is 14.4 Å². The number of carbonyl (C=O) groups is 3. The number of amides is 3. The standard InChI is InChI=1S/C27H34N4O3/c1-19(12-13-20-9-5-4-6-10-20)28-25(32)18-31-24-17-21(26(33)29(2)3)14-15-22(24)30-16-8-7-11-23(30)27(31)34/h4-6,9-10,14-15,17,19,23H,7-8,11-13,16,18H2,1-3H3,(H,28,32)/t19-,23-/m1/s1. The minimum Gasteiger partial charge on any atom is -0.358 e. The first-order chi connectivity index (χ1) is 16.3. The monoisotopic (exact) mass is 462 g/mol. The largest absolute Gasteiger partial charge is 0.358 e. The van der Waals surface area contributed by atoms with Crippen LogP contribution >= 0.6 is 0 Å². The van der Waals surface area contributed by atoms with E-state index in [4.69, 9.17) is 0 Å². The third-order valence-electron chi connectivity index (χ3n) is 6.70. The minimum atomic E-state index is -0.250. The lowest BCUT2D eigenvalue weighted by Crippen LogP contribution is -2.57. The molecular weight excluding hydrogens is 428 g/mol. The lowest BCUT2D eigenvalue weighted by molar-refractivity contribution is -0.125. The van der Waals surface area contributed by atoms with Crippen LogP contribution in [0.1, 0.15) is 48.5 Å². The van der Waals surface area contributed by atoms with Gasteiger partial charge in [-0.15, -0.1) is 0 Å². The van der Waals surface area contributed by atoms with Crippen molar-refractivity contribution in [1.29, 1.82) is 0 Å². The van der Waals surface area contributed by atoms with Gasteiger partial charge in [0.2, 0.25) is 11.8 Å². The molecule has 7 heteroatoms. The Morgan fingerprint density at radius 2 is 1.85 bits per heavy atom. The number of aryl methyl sites for hydroxylation is 1. The van der Waals surface area contributed by atoms with Crippen LogP contribution in [-0.4, -0.2) is 61.9 Å². The van der Waals surface area contributed by atoms with Crippen LogP contribution in [0.15, 0.2) is 48.5 Å². The summed E-state index contributed by atoms with van der Waals surface area (Å²) in [5.74, 6) is -0.378. The van der Waals surface area contributed by atoms with Crippen molar-refractivity contribution in [1.82, 2.24) is 10.2 Å². The van der Waals surface area contributed by atoms with E-state index < -0.39 is 0 Å². The number of benzene rings is 2. The average Bonchev–Trinajstić information content (AvgIpc) is 2.85. The molecule has 1 N–H and O–H groups in total. The van der Waals surface area contributed by atoms with Gasteiger partial charge in [0.05, 0.1) is 11.4 Å². The summed E-state index contributed by atoms with van der Waals surface area (Å²) in [7, 11) is 3.41. The van der Waals surface area contributed by atoms with Crippen molar-refractivity contribution >= 4 is 29.1 Å². The van der Waals surface area contributed by atoms with Crippen LogP contribution in [0, 0.1) is 0 Å². The number of anilines is 2. The zero-order valence-corrected chi connectivity index (χ0v) is 20.3. The van der Waals surface area contributed by atoms with Gasteiger partial charge in [0.25, 0.3) is 5.91 Å². The van der Waals surface area contributed by atoms with Crippen LogP contribution in [0.25, 0.3) is 0 Å². The Balaban J connectivity index is 1.51. The van der Waals surface area contributed by atoms with Crippen molar-refractivity contribution in [2.24, 2.45) is 0 Å². The first-order valence-corrected chi connectivity index (χ1v) is 12.1. The van der Waals surface area contributed by atoms with Crippen molar-refractivity contribution in [2.75, 3.05) is 37.0 Å². The molecular formula is C27H34N4O3. The fraction of sp³-hybridized carbons (Fsp3) is 0.444. The molecule has 0 aliphatic carbocycles. The van der Waals surface area contributed by atoms with Gasteiger partial charge in [0, 0.05) is 32.2 Å². The summed E-state index contributed by atoms with van der Waals surface area (Å²) < 4.78 is 0. The van der Waals surface area contributed by atoms with Crippen LogP contribution < -0.4 is 15.1 Å². The van der Waals surface area contributed by atoms with E-state index in [0.29, 0.717) is 11.3 Å². The Hall–Kier alpha value is -3.35. The van der Waals surface area contributed by atoms with Crippen molar-refractivity contribution in [3.05, 3.63) is 59.7 Å². The third-order valence-corrected chi connectivity index (χ3v) is 6.70. The quantitative estimate of drug-likeness (QED) is 0.686. The molecule has 0 aromatic heterocycles. The molecule has 7 nitrogen and oxygen atoms in total. The van der Waals surface area contributed by atoms with Crippen molar-refractivity contribution in [3.63, 3.8) is 0 Å². The molecule has 0 saturated carbocycles. The van der Waals surface area contributed by atoms with Crippen molar-refractivity contribution < 1.29 is 14.4 Å². The summed E-state index contributed by atoms with van der Waals surface area (Å²) in [5, 5.41) is 3.05. The highest BCUT2D eigenvalue weighted by Gasteiger charge is 2.40. The van der Waals surface area contributed by atoms with Crippen LogP contribution in [-0.2, 0) is 16.0 Å². The summed E-state index contributed by atoms with van der Waals surface area (Å²) in [5.41, 5.74) is 3.31. The van der Waals surface area contributed by atoms with Crippen LogP contribution in [0.3, 0.4) is 0 Å². The average molecular weight is 463 g/mol. The van der Waals surface area contributed by atoms with Gasteiger partial charge in [-0.3, -0.25) is 19.3 Å². The highest BCUT2D eigenvalue weighted by molar-refractivity contribution is 6.09. The van der Waals surface area contributed by atoms with Crippen molar-refractivity contribution in [3.8, 4) is 0 Å². The number of hydrogen-bond acceptors (Lipinski definition) is 4. The van der Waals surface area contributed by atoms with E-state index >= 15 is 0 Å². The number of piperidine rings is 1.